The standard InChI is InChI=1S/C9H12ClN.C2H4O/c1-6-4-7(2)9(11-3)5-8(6)10;1-2-3/h4-5,11H,1-3H3;2H,1H3. The van der Waals surface area contributed by atoms with E-state index in [1.807, 2.05) is 20.0 Å². The summed E-state index contributed by atoms with van der Waals surface area (Å²) in [5, 5.41) is 3.90. The van der Waals surface area contributed by atoms with E-state index in [9.17, 15) is 0 Å². The molecule has 3 heteroatoms. The first-order chi connectivity index (χ1) is 6.56. The van der Waals surface area contributed by atoms with Gasteiger partial charge in [0, 0.05) is 17.8 Å². The molecule has 0 aromatic heterocycles. The Morgan fingerprint density at radius 1 is 1.29 bits per heavy atom. The molecule has 0 unspecified atom stereocenters. The highest BCUT2D eigenvalue weighted by molar-refractivity contribution is 6.31. The zero-order valence-corrected chi connectivity index (χ0v) is 9.77. The van der Waals surface area contributed by atoms with Gasteiger partial charge in [-0.3, -0.25) is 0 Å². The first kappa shape index (κ1) is 13.0. The molecule has 14 heavy (non-hydrogen) atoms. The van der Waals surface area contributed by atoms with Crippen LogP contribution in [0.25, 0.3) is 0 Å². The third kappa shape index (κ3) is 3.79. The largest absolute Gasteiger partial charge is 0.388 e. The van der Waals surface area contributed by atoms with Gasteiger partial charge in [0.25, 0.3) is 0 Å². The lowest BCUT2D eigenvalue weighted by atomic mass is 10.1. The number of anilines is 1. The van der Waals surface area contributed by atoms with Crippen LogP contribution in [-0.2, 0) is 4.79 Å². The van der Waals surface area contributed by atoms with Gasteiger partial charge in [-0.05, 0) is 38.0 Å². The zero-order chi connectivity index (χ0) is 11.1. The number of hydrogen-bond acceptors (Lipinski definition) is 2. The average molecular weight is 214 g/mol. The molecule has 1 aromatic carbocycles. The second-order valence-electron chi connectivity index (χ2n) is 2.90. The summed E-state index contributed by atoms with van der Waals surface area (Å²) in [6.45, 7) is 5.52. The number of rotatable bonds is 1. The van der Waals surface area contributed by atoms with Crippen molar-refractivity contribution in [3.8, 4) is 0 Å². The molecule has 0 heterocycles. The predicted molar refractivity (Wildman–Crippen MR) is 62.2 cm³/mol. The Morgan fingerprint density at radius 2 is 1.79 bits per heavy atom. The topological polar surface area (TPSA) is 29.1 Å². The van der Waals surface area contributed by atoms with Gasteiger partial charge in [0.05, 0.1) is 0 Å². The van der Waals surface area contributed by atoms with E-state index in [-0.39, 0.29) is 0 Å². The minimum Gasteiger partial charge on any atom is -0.388 e. The molecule has 2 nitrogen and oxygen atoms in total. The average Bonchev–Trinajstić information content (AvgIpc) is 2.12. The third-order valence-corrected chi connectivity index (χ3v) is 2.18. The highest BCUT2D eigenvalue weighted by Gasteiger charge is 1.99. The smallest absolute Gasteiger partial charge is 0.116 e. The Bertz CT molecular complexity index is 310. The van der Waals surface area contributed by atoms with Crippen LogP contribution in [0.15, 0.2) is 12.1 Å². The molecule has 1 rings (SSSR count). The lowest BCUT2D eigenvalue weighted by Crippen LogP contribution is -1.92. The minimum absolute atomic E-state index is 0.750. The maximum Gasteiger partial charge on any atom is 0.116 e. The Hall–Kier alpha value is -1.02. The number of benzene rings is 1. The molecule has 0 saturated carbocycles. The van der Waals surface area contributed by atoms with E-state index in [0.717, 1.165) is 22.6 Å². The molecule has 0 saturated heterocycles. The fourth-order valence-corrected chi connectivity index (χ4v) is 1.26. The molecule has 0 bridgehead atoms. The van der Waals surface area contributed by atoms with Crippen molar-refractivity contribution in [2.75, 3.05) is 12.4 Å². The summed E-state index contributed by atoms with van der Waals surface area (Å²) in [5.41, 5.74) is 3.46. The summed E-state index contributed by atoms with van der Waals surface area (Å²) in [6, 6.07) is 4.03. The predicted octanol–water partition coefficient (Wildman–Crippen LogP) is 3.20. The number of nitrogens with one attached hydrogen (secondary N) is 1. The van der Waals surface area contributed by atoms with Gasteiger partial charge in [-0.15, -0.1) is 0 Å². The van der Waals surface area contributed by atoms with Gasteiger partial charge in [-0.1, -0.05) is 17.7 Å². The molecular formula is C11H16ClNO. The Morgan fingerprint density at radius 3 is 2.21 bits per heavy atom. The quantitative estimate of drug-likeness (QED) is 0.726. The van der Waals surface area contributed by atoms with Crippen molar-refractivity contribution in [3.63, 3.8) is 0 Å². The minimum atomic E-state index is 0.750. The second kappa shape index (κ2) is 6.44. The van der Waals surface area contributed by atoms with Crippen molar-refractivity contribution in [1.82, 2.24) is 0 Å². The van der Waals surface area contributed by atoms with E-state index in [2.05, 4.69) is 18.3 Å². The van der Waals surface area contributed by atoms with Crippen LogP contribution >= 0.6 is 11.6 Å². The molecule has 78 valence electrons. The molecule has 0 aliphatic carbocycles. The lowest BCUT2D eigenvalue weighted by Gasteiger charge is -2.06. The number of hydrogen-bond donors (Lipinski definition) is 1. The molecule has 1 N–H and O–H groups in total. The Balaban J connectivity index is 0.000000500. The van der Waals surface area contributed by atoms with Crippen molar-refractivity contribution < 1.29 is 4.79 Å². The van der Waals surface area contributed by atoms with E-state index in [1.165, 1.54) is 12.5 Å². The summed E-state index contributed by atoms with van der Waals surface area (Å²) >= 11 is 5.92. The van der Waals surface area contributed by atoms with Gasteiger partial charge in [0.15, 0.2) is 0 Å². The van der Waals surface area contributed by atoms with Crippen LogP contribution in [0.1, 0.15) is 18.1 Å². The number of carbonyl (C=O) groups is 1. The fraction of sp³-hybridized carbons (Fsp3) is 0.364. The molecule has 0 atom stereocenters. The van der Waals surface area contributed by atoms with Gasteiger partial charge < -0.3 is 10.1 Å². The number of carbonyl (C=O) groups excluding carboxylic acids is 1. The van der Waals surface area contributed by atoms with Crippen LogP contribution in [0.4, 0.5) is 5.69 Å². The lowest BCUT2D eigenvalue weighted by molar-refractivity contribution is -0.106. The van der Waals surface area contributed by atoms with Gasteiger partial charge >= 0.3 is 0 Å². The highest BCUT2D eigenvalue weighted by atomic mass is 35.5. The monoisotopic (exact) mass is 213 g/mol. The normalized spacial score (nSPS) is 8.64. The van der Waals surface area contributed by atoms with Crippen LogP contribution in [0.2, 0.25) is 5.02 Å². The number of aldehydes is 1. The van der Waals surface area contributed by atoms with Gasteiger partial charge in [0.1, 0.15) is 6.29 Å². The molecule has 0 fully saturated rings. The van der Waals surface area contributed by atoms with Crippen LogP contribution in [0.3, 0.4) is 0 Å². The molecular weight excluding hydrogens is 198 g/mol. The van der Waals surface area contributed by atoms with E-state index < -0.39 is 0 Å². The summed E-state index contributed by atoms with van der Waals surface area (Å²) in [6.07, 6.45) is 0.750. The zero-order valence-electron chi connectivity index (χ0n) is 9.02. The summed E-state index contributed by atoms with van der Waals surface area (Å²) in [5.74, 6) is 0. The van der Waals surface area contributed by atoms with E-state index in [1.54, 1.807) is 0 Å². The van der Waals surface area contributed by atoms with Gasteiger partial charge in [-0.25, -0.2) is 0 Å². The van der Waals surface area contributed by atoms with Crippen molar-refractivity contribution in [2.24, 2.45) is 0 Å². The Labute approximate surface area is 90.3 Å². The van der Waals surface area contributed by atoms with E-state index in [4.69, 9.17) is 16.4 Å². The Kier molecular flexibility index (Phi) is 5.97. The maximum atomic E-state index is 8.81. The van der Waals surface area contributed by atoms with Crippen LogP contribution in [0, 0.1) is 13.8 Å². The fourth-order valence-electron chi connectivity index (χ4n) is 1.10. The van der Waals surface area contributed by atoms with Crippen molar-refractivity contribution in [1.29, 1.82) is 0 Å². The highest BCUT2D eigenvalue weighted by Crippen LogP contribution is 2.23. The van der Waals surface area contributed by atoms with Gasteiger partial charge in [-0.2, -0.15) is 0 Å². The molecule has 0 spiro atoms. The SMILES string of the molecule is CC=O.CNc1cc(Cl)c(C)cc1C. The number of halogens is 1. The first-order valence-corrected chi connectivity index (χ1v) is 4.78. The molecule has 0 aliphatic heterocycles. The number of aryl methyl sites for hydroxylation is 2. The first-order valence-electron chi connectivity index (χ1n) is 4.41. The summed E-state index contributed by atoms with van der Waals surface area (Å²) < 4.78 is 0. The van der Waals surface area contributed by atoms with Crippen molar-refractivity contribution >= 4 is 23.6 Å². The van der Waals surface area contributed by atoms with Gasteiger partial charge in [0.2, 0.25) is 0 Å². The second-order valence-corrected chi connectivity index (χ2v) is 3.31. The van der Waals surface area contributed by atoms with Crippen LogP contribution < -0.4 is 5.32 Å². The molecule has 1 aromatic rings. The molecule has 0 amide bonds. The van der Waals surface area contributed by atoms with E-state index >= 15 is 0 Å². The van der Waals surface area contributed by atoms with Crippen LogP contribution in [-0.4, -0.2) is 13.3 Å². The van der Waals surface area contributed by atoms with Crippen LogP contribution in [0.5, 0.6) is 0 Å². The molecule has 0 aliphatic rings. The maximum absolute atomic E-state index is 8.81. The van der Waals surface area contributed by atoms with Crippen molar-refractivity contribution in [2.45, 2.75) is 20.8 Å². The summed E-state index contributed by atoms with van der Waals surface area (Å²) in [7, 11) is 1.90. The third-order valence-electron chi connectivity index (χ3n) is 1.77. The molecule has 0 radical (unpaired) electrons. The summed E-state index contributed by atoms with van der Waals surface area (Å²) in [4.78, 5) is 8.81. The van der Waals surface area contributed by atoms with E-state index in [0.29, 0.717) is 0 Å². The van der Waals surface area contributed by atoms with Crippen molar-refractivity contribution in [3.05, 3.63) is 28.3 Å².